The van der Waals surface area contributed by atoms with Crippen LogP contribution in [0.5, 0.6) is 0 Å². The van der Waals surface area contributed by atoms with E-state index >= 15 is 0 Å². The molecule has 0 aliphatic rings. The zero-order valence-corrected chi connectivity index (χ0v) is 22.0. The molecule has 2 aromatic rings. The number of aryl methyl sites for hydroxylation is 1. The molecule has 2 unspecified atom stereocenters. The summed E-state index contributed by atoms with van der Waals surface area (Å²) in [6.07, 6.45) is 10.3. The predicted molar refractivity (Wildman–Crippen MR) is 145 cm³/mol. The van der Waals surface area contributed by atoms with E-state index in [1.807, 2.05) is 24.3 Å². The van der Waals surface area contributed by atoms with E-state index in [0.29, 0.717) is 18.5 Å². The smallest absolute Gasteiger partial charge is 0.303 e. The van der Waals surface area contributed by atoms with Crippen LogP contribution in [0.4, 0.5) is 5.69 Å². The van der Waals surface area contributed by atoms with E-state index < -0.39 is 12.1 Å². The van der Waals surface area contributed by atoms with Gasteiger partial charge in [-0.2, -0.15) is 0 Å². The lowest BCUT2D eigenvalue weighted by molar-refractivity contribution is -0.137. The van der Waals surface area contributed by atoms with Crippen LogP contribution in [0.1, 0.15) is 94.4 Å². The van der Waals surface area contributed by atoms with Crippen molar-refractivity contribution in [1.82, 2.24) is 0 Å². The van der Waals surface area contributed by atoms with Crippen LogP contribution in [0.3, 0.4) is 0 Å². The highest BCUT2D eigenvalue weighted by atomic mass is 32.2. The molecule has 1 amide bonds. The van der Waals surface area contributed by atoms with Crippen molar-refractivity contribution in [2.75, 3.05) is 5.32 Å². The number of aliphatic hydroxyl groups excluding tert-OH is 1. The first-order valence-electron chi connectivity index (χ1n) is 12.9. The van der Waals surface area contributed by atoms with Gasteiger partial charge in [-0.15, -0.1) is 11.8 Å². The molecule has 6 heteroatoms. The number of carbonyl (C=O) groups is 2. The Bertz CT molecular complexity index is 900. The fraction of sp³-hybridized carbons (Fsp3) is 0.517. The van der Waals surface area contributed by atoms with Gasteiger partial charge in [-0.1, -0.05) is 75.8 Å². The first-order valence-corrected chi connectivity index (χ1v) is 13.8. The lowest BCUT2D eigenvalue weighted by Crippen LogP contribution is -2.16. The molecule has 0 fully saturated rings. The van der Waals surface area contributed by atoms with Crippen LogP contribution in [-0.2, 0) is 16.0 Å². The number of hydrogen-bond acceptors (Lipinski definition) is 4. The summed E-state index contributed by atoms with van der Waals surface area (Å²) in [4.78, 5) is 23.3. The molecule has 192 valence electrons. The standard InChI is InChI=1S/C29H41NO4S/c1-3-4-5-6-7-8-9-12-23-17-19-24(20-18-23)29(27(32)15-11-16-28(33)34)35-26-14-10-13-25(21-26)30-22(2)31/h10,13-14,17-21,27,29,32H,3-9,11-12,15-16H2,1-2H3,(H,30,31)(H,33,34). The number of benzene rings is 2. The Hall–Kier alpha value is -2.31. The van der Waals surface area contributed by atoms with E-state index in [2.05, 4.69) is 36.5 Å². The molecule has 2 rings (SSSR count). The van der Waals surface area contributed by atoms with Gasteiger partial charge >= 0.3 is 5.97 Å². The normalized spacial score (nSPS) is 12.8. The third-order valence-corrected chi connectivity index (χ3v) is 7.40. The summed E-state index contributed by atoms with van der Waals surface area (Å²) >= 11 is 1.54. The maximum Gasteiger partial charge on any atom is 0.303 e. The molecule has 0 aliphatic heterocycles. The molecule has 0 bridgehead atoms. The highest BCUT2D eigenvalue weighted by molar-refractivity contribution is 7.99. The van der Waals surface area contributed by atoms with E-state index in [-0.39, 0.29) is 17.6 Å². The average Bonchev–Trinajstić information content (AvgIpc) is 2.82. The lowest BCUT2D eigenvalue weighted by atomic mass is 9.99. The predicted octanol–water partition coefficient (Wildman–Crippen LogP) is 7.39. The van der Waals surface area contributed by atoms with Crippen LogP contribution in [0.15, 0.2) is 53.4 Å². The molecule has 2 atom stereocenters. The van der Waals surface area contributed by atoms with E-state index in [4.69, 9.17) is 5.11 Å². The van der Waals surface area contributed by atoms with Crippen molar-refractivity contribution >= 4 is 29.3 Å². The number of carbonyl (C=O) groups excluding carboxylic acids is 1. The molecule has 2 aromatic carbocycles. The van der Waals surface area contributed by atoms with Crippen molar-refractivity contribution in [1.29, 1.82) is 0 Å². The minimum atomic E-state index is -0.848. The number of anilines is 1. The van der Waals surface area contributed by atoms with Gasteiger partial charge in [-0.3, -0.25) is 9.59 Å². The Balaban J connectivity index is 2.04. The molecule has 0 radical (unpaired) electrons. The number of carboxylic acid groups (broad SMARTS) is 1. The van der Waals surface area contributed by atoms with E-state index in [1.54, 1.807) is 0 Å². The first kappa shape index (κ1) is 28.9. The molecular weight excluding hydrogens is 458 g/mol. The Morgan fingerprint density at radius 2 is 1.63 bits per heavy atom. The van der Waals surface area contributed by atoms with Crippen LogP contribution in [0.2, 0.25) is 0 Å². The number of aliphatic carboxylic acids is 1. The number of nitrogens with one attached hydrogen (secondary N) is 1. The number of rotatable bonds is 17. The van der Waals surface area contributed by atoms with Gasteiger partial charge in [0.25, 0.3) is 0 Å². The number of unbranched alkanes of at least 4 members (excludes halogenated alkanes) is 6. The zero-order valence-electron chi connectivity index (χ0n) is 21.2. The monoisotopic (exact) mass is 499 g/mol. The molecule has 0 saturated heterocycles. The first-order chi connectivity index (χ1) is 16.9. The number of amides is 1. The molecule has 5 nitrogen and oxygen atoms in total. The Kier molecular flexibility index (Phi) is 13.5. The van der Waals surface area contributed by atoms with Crippen LogP contribution < -0.4 is 5.32 Å². The number of carboxylic acids is 1. The quantitative estimate of drug-likeness (QED) is 0.156. The van der Waals surface area contributed by atoms with Gasteiger partial charge in [0.1, 0.15) is 0 Å². The molecule has 0 heterocycles. The molecule has 35 heavy (non-hydrogen) atoms. The minimum absolute atomic E-state index is 0.0455. The van der Waals surface area contributed by atoms with Crippen LogP contribution in [0, 0.1) is 0 Å². The second-order valence-corrected chi connectivity index (χ2v) is 10.4. The van der Waals surface area contributed by atoms with Crippen molar-refractivity contribution < 1.29 is 19.8 Å². The summed E-state index contributed by atoms with van der Waals surface area (Å²) in [7, 11) is 0. The van der Waals surface area contributed by atoms with Gasteiger partial charge in [-0.25, -0.2) is 0 Å². The number of aliphatic hydroxyl groups is 1. The minimum Gasteiger partial charge on any atom is -0.481 e. The van der Waals surface area contributed by atoms with Crippen molar-refractivity contribution in [2.45, 2.75) is 101 Å². The molecule has 0 spiro atoms. The lowest BCUT2D eigenvalue weighted by Gasteiger charge is -2.23. The van der Waals surface area contributed by atoms with Crippen molar-refractivity contribution in [3.05, 3.63) is 59.7 Å². The van der Waals surface area contributed by atoms with Gasteiger partial charge in [0.15, 0.2) is 0 Å². The highest BCUT2D eigenvalue weighted by Gasteiger charge is 2.23. The van der Waals surface area contributed by atoms with Gasteiger partial charge in [-0.05, 0) is 55.0 Å². The van der Waals surface area contributed by atoms with E-state index in [9.17, 15) is 14.7 Å². The van der Waals surface area contributed by atoms with Crippen molar-refractivity contribution in [3.63, 3.8) is 0 Å². The maximum absolute atomic E-state index is 11.4. The molecule has 0 saturated carbocycles. The fourth-order valence-corrected chi connectivity index (χ4v) is 5.37. The SMILES string of the molecule is CCCCCCCCCc1ccc(C(Sc2cccc(NC(C)=O)c2)C(O)CCCC(=O)O)cc1. The van der Waals surface area contributed by atoms with Crippen LogP contribution in [-0.4, -0.2) is 28.2 Å². The summed E-state index contributed by atoms with van der Waals surface area (Å²) in [5, 5.41) is 22.5. The van der Waals surface area contributed by atoms with Crippen LogP contribution >= 0.6 is 11.8 Å². The van der Waals surface area contributed by atoms with Gasteiger partial charge in [0.2, 0.25) is 5.91 Å². The Labute approximate surface area is 214 Å². The summed E-state index contributed by atoms with van der Waals surface area (Å²) in [5.74, 6) is -0.979. The topological polar surface area (TPSA) is 86.6 Å². The van der Waals surface area contributed by atoms with Gasteiger partial charge in [0.05, 0.1) is 11.4 Å². The summed E-state index contributed by atoms with van der Waals surface area (Å²) in [6.45, 7) is 3.72. The number of thioether (sulfide) groups is 1. The fourth-order valence-electron chi connectivity index (χ4n) is 4.14. The second kappa shape index (κ2) is 16.4. The highest BCUT2D eigenvalue weighted by Crippen LogP contribution is 2.40. The summed E-state index contributed by atoms with van der Waals surface area (Å²) < 4.78 is 0. The van der Waals surface area contributed by atoms with Gasteiger partial charge < -0.3 is 15.5 Å². The molecule has 0 aliphatic carbocycles. The average molecular weight is 500 g/mol. The van der Waals surface area contributed by atoms with E-state index in [1.165, 1.54) is 69.2 Å². The Morgan fingerprint density at radius 1 is 0.943 bits per heavy atom. The van der Waals surface area contributed by atoms with Crippen molar-refractivity contribution in [2.24, 2.45) is 0 Å². The van der Waals surface area contributed by atoms with Crippen molar-refractivity contribution in [3.8, 4) is 0 Å². The number of hydrogen-bond donors (Lipinski definition) is 3. The third kappa shape index (κ3) is 11.8. The zero-order chi connectivity index (χ0) is 25.5. The Morgan fingerprint density at radius 3 is 2.29 bits per heavy atom. The summed E-state index contributed by atoms with van der Waals surface area (Å²) in [6, 6.07) is 16.1. The molecular formula is C29H41NO4S. The van der Waals surface area contributed by atoms with Crippen LogP contribution in [0.25, 0.3) is 0 Å². The molecule has 0 aromatic heterocycles. The largest absolute Gasteiger partial charge is 0.481 e. The van der Waals surface area contributed by atoms with E-state index in [0.717, 1.165) is 16.9 Å². The summed E-state index contributed by atoms with van der Waals surface area (Å²) in [5.41, 5.74) is 3.04. The third-order valence-electron chi connectivity index (χ3n) is 6.03. The second-order valence-electron chi connectivity index (χ2n) is 9.21. The molecule has 3 N–H and O–H groups in total. The van der Waals surface area contributed by atoms with Gasteiger partial charge in [0, 0.05) is 23.9 Å². The maximum atomic E-state index is 11.4.